The highest BCUT2D eigenvalue weighted by atomic mass is 31.2. The van der Waals surface area contributed by atoms with Crippen LogP contribution in [0.3, 0.4) is 0 Å². The molecule has 0 fully saturated rings. The second-order valence-electron chi connectivity index (χ2n) is 32.6. The van der Waals surface area contributed by atoms with Gasteiger partial charge in [0.1, 0.15) is 19.3 Å². The van der Waals surface area contributed by atoms with Crippen LogP contribution < -0.4 is 0 Å². The average molecular weight is 1560 g/mol. The average Bonchev–Trinajstić information content (AvgIpc) is 0.904. The number of unbranched alkanes of at least 4 members (excludes halogenated alkanes) is 57. The number of carbonyl (C=O) groups excluding carboxylic acids is 4. The Bertz CT molecular complexity index is 2050. The summed E-state index contributed by atoms with van der Waals surface area (Å²) in [6.45, 7) is 9.74. The van der Waals surface area contributed by atoms with E-state index in [1.165, 1.54) is 289 Å². The van der Waals surface area contributed by atoms with Crippen molar-refractivity contribution in [1.82, 2.24) is 0 Å². The molecule has 107 heavy (non-hydrogen) atoms. The summed E-state index contributed by atoms with van der Waals surface area (Å²) in [5, 5.41) is 10.7. The van der Waals surface area contributed by atoms with Gasteiger partial charge in [0.2, 0.25) is 0 Å². The topological polar surface area (TPSA) is 237 Å². The second kappa shape index (κ2) is 79.3. The maximum atomic E-state index is 13.2. The summed E-state index contributed by atoms with van der Waals surface area (Å²) >= 11 is 0. The van der Waals surface area contributed by atoms with Crippen molar-refractivity contribution < 1.29 is 80.2 Å². The Morgan fingerprint density at radius 2 is 0.430 bits per heavy atom. The molecular weight excluding hydrogens is 1390 g/mol. The van der Waals surface area contributed by atoms with Crippen LogP contribution in [0.15, 0.2) is 0 Å². The van der Waals surface area contributed by atoms with Gasteiger partial charge in [0.15, 0.2) is 12.2 Å². The number of hydrogen-bond donors (Lipinski definition) is 3. The summed E-state index contributed by atoms with van der Waals surface area (Å²) in [6, 6.07) is 0. The van der Waals surface area contributed by atoms with E-state index >= 15 is 0 Å². The fourth-order valence-electron chi connectivity index (χ4n) is 13.8. The van der Waals surface area contributed by atoms with E-state index in [1.807, 2.05) is 0 Å². The summed E-state index contributed by atoms with van der Waals surface area (Å²) in [5.74, 6) is -0.486. The van der Waals surface area contributed by atoms with Gasteiger partial charge in [-0.15, -0.1) is 0 Å². The highest BCUT2D eigenvalue weighted by Gasteiger charge is 2.30. The van der Waals surface area contributed by atoms with Gasteiger partial charge in [0, 0.05) is 25.7 Å². The molecule has 17 nitrogen and oxygen atoms in total. The first-order chi connectivity index (χ1) is 51.9. The van der Waals surface area contributed by atoms with Crippen molar-refractivity contribution in [3.63, 3.8) is 0 Å². The first-order valence-corrected chi connectivity index (χ1v) is 48.5. The Hall–Kier alpha value is -1.94. The molecule has 2 unspecified atom stereocenters. The second-order valence-corrected chi connectivity index (χ2v) is 35.5. The smallest absolute Gasteiger partial charge is 0.462 e. The number of phosphoric acid groups is 2. The minimum absolute atomic E-state index is 0.108. The third kappa shape index (κ3) is 81.9. The highest BCUT2D eigenvalue weighted by molar-refractivity contribution is 7.47. The molecule has 0 bridgehead atoms. The van der Waals surface area contributed by atoms with E-state index in [4.69, 9.17) is 37.0 Å². The summed E-state index contributed by atoms with van der Waals surface area (Å²) in [5.41, 5.74) is 0. The van der Waals surface area contributed by atoms with Crippen molar-refractivity contribution >= 4 is 39.5 Å². The van der Waals surface area contributed by atoms with Crippen LogP contribution in [-0.2, 0) is 65.4 Å². The Labute approximate surface area is 658 Å². The molecule has 0 aliphatic carbocycles. The van der Waals surface area contributed by atoms with Gasteiger partial charge >= 0.3 is 39.5 Å². The van der Waals surface area contributed by atoms with Crippen molar-refractivity contribution in [2.45, 2.75) is 490 Å². The van der Waals surface area contributed by atoms with Crippen LogP contribution >= 0.6 is 15.6 Å². The van der Waals surface area contributed by atoms with Crippen LogP contribution in [0, 0.1) is 11.8 Å². The van der Waals surface area contributed by atoms with Gasteiger partial charge in [-0.25, -0.2) is 9.13 Å². The number of rotatable bonds is 87. The molecule has 0 saturated heterocycles. The molecule has 0 amide bonds. The molecule has 0 heterocycles. The van der Waals surface area contributed by atoms with Crippen molar-refractivity contribution in [2.24, 2.45) is 11.8 Å². The van der Waals surface area contributed by atoms with Gasteiger partial charge in [-0.1, -0.05) is 420 Å². The summed E-state index contributed by atoms with van der Waals surface area (Å²) < 4.78 is 69.0. The zero-order valence-electron chi connectivity index (χ0n) is 70.5. The Balaban J connectivity index is 5.24. The first-order valence-electron chi connectivity index (χ1n) is 45.5. The minimum Gasteiger partial charge on any atom is -0.462 e. The van der Waals surface area contributed by atoms with Gasteiger partial charge in [0.05, 0.1) is 26.4 Å². The number of aliphatic hydroxyl groups is 1. The van der Waals surface area contributed by atoms with E-state index in [2.05, 4.69) is 41.5 Å². The molecule has 0 spiro atoms. The van der Waals surface area contributed by atoms with Crippen molar-refractivity contribution in [2.75, 3.05) is 39.6 Å². The number of aliphatic hydroxyl groups excluding tert-OH is 1. The standard InChI is InChI=1S/C88H172O17P2/c1-7-9-11-13-15-17-19-20-21-22-23-24-30-35-41-47-53-59-65-71-86(91)99-77-84(105-87(92)72-66-60-54-48-42-36-31-26-25-28-33-39-44-50-56-62-68-80(3)4)79-103-107(96,97)101-75-82(89)74-100-106(94,95)102-78-83(76-98-85(90)70-64-58-52-46-38-18-16-14-12-10-8-2)104-88(93)73-67-61-55-49-43-37-32-27-29-34-40-45-51-57-63-69-81(5)6/h80-84,89H,7-79H2,1-6H3,(H,94,95)(H,96,97)/t82-,83+,84+/m0/s1. The van der Waals surface area contributed by atoms with E-state index in [1.54, 1.807) is 0 Å². The zero-order chi connectivity index (χ0) is 78.5. The van der Waals surface area contributed by atoms with Crippen LogP contribution in [-0.4, -0.2) is 96.7 Å². The fraction of sp³-hybridized carbons (Fsp3) is 0.955. The molecule has 0 aromatic carbocycles. The van der Waals surface area contributed by atoms with Crippen molar-refractivity contribution in [1.29, 1.82) is 0 Å². The maximum Gasteiger partial charge on any atom is 0.472 e. The molecule has 3 N–H and O–H groups in total. The quantitative estimate of drug-likeness (QED) is 0.0222. The lowest BCUT2D eigenvalue weighted by atomic mass is 10.0. The van der Waals surface area contributed by atoms with E-state index in [9.17, 15) is 43.2 Å². The van der Waals surface area contributed by atoms with Crippen molar-refractivity contribution in [3.8, 4) is 0 Å². The molecule has 5 atom stereocenters. The third-order valence-electron chi connectivity index (χ3n) is 20.7. The Morgan fingerprint density at radius 3 is 0.636 bits per heavy atom. The summed E-state index contributed by atoms with van der Waals surface area (Å²) in [6.07, 6.45) is 72.1. The summed E-state index contributed by atoms with van der Waals surface area (Å²) in [7, 11) is -9.93. The normalized spacial score (nSPS) is 13.8. The molecule has 0 aliphatic heterocycles. The number of hydrogen-bond acceptors (Lipinski definition) is 15. The Morgan fingerprint density at radius 1 is 0.252 bits per heavy atom. The van der Waals surface area contributed by atoms with E-state index in [0.29, 0.717) is 25.7 Å². The summed E-state index contributed by atoms with van der Waals surface area (Å²) in [4.78, 5) is 73.3. The largest absolute Gasteiger partial charge is 0.472 e. The molecular formula is C88H172O17P2. The van der Waals surface area contributed by atoms with E-state index in [-0.39, 0.29) is 25.7 Å². The third-order valence-corrected chi connectivity index (χ3v) is 22.6. The van der Waals surface area contributed by atoms with Gasteiger partial charge in [-0.3, -0.25) is 37.3 Å². The molecule has 0 aliphatic rings. The lowest BCUT2D eigenvalue weighted by Crippen LogP contribution is -2.30. The highest BCUT2D eigenvalue weighted by Crippen LogP contribution is 2.45. The minimum atomic E-state index is -4.97. The molecule has 636 valence electrons. The predicted molar refractivity (Wildman–Crippen MR) is 442 cm³/mol. The monoisotopic (exact) mass is 1560 g/mol. The van der Waals surface area contributed by atoms with Gasteiger partial charge in [-0.2, -0.15) is 0 Å². The lowest BCUT2D eigenvalue weighted by molar-refractivity contribution is -0.161. The molecule has 19 heteroatoms. The van der Waals surface area contributed by atoms with Crippen LogP contribution in [0.2, 0.25) is 0 Å². The number of phosphoric ester groups is 2. The SMILES string of the molecule is CCCCCCCCCCCCCCCCCCCCCC(=O)OC[C@H](COP(=O)(O)OC[C@@H](O)COP(=O)(O)OC[C@@H](COC(=O)CCCCCCCCCCCCC)OC(=O)CCCCCCCCCCCCCCCCCC(C)C)OC(=O)CCCCCCCCCCCCCCCCCCC(C)C. The number of carbonyl (C=O) groups is 4. The number of ether oxygens (including phenoxy) is 4. The first kappa shape index (κ1) is 105. The fourth-order valence-corrected chi connectivity index (χ4v) is 15.4. The molecule has 0 aromatic heterocycles. The maximum absolute atomic E-state index is 13.2. The van der Waals surface area contributed by atoms with Crippen LogP contribution in [0.5, 0.6) is 0 Å². The van der Waals surface area contributed by atoms with Crippen LogP contribution in [0.25, 0.3) is 0 Å². The lowest BCUT2D eigenvalue weighted by Gasteiger charge is -2.21. The molecule has 0 aromatic rings. The molecule has 0 rings (SSSR count). The van der Waals surface area contributed by atoms with Gasteiger partial charge in [-0.05, 0) is 37.5 Å². The predicted octanol–water partition coefficient (Wildman–Crippen LogP) is 27.0. The Kier molecular flexibility index (Phi) is 77.9. The van der Waals surface area contributed by atoms with E-state index in [0.717, 1.165) is 102 Å². The van der Waals surface area contributed by atoms with Gasteiger partial charge < -0.3 is 33.8 Å². The van der Waals surface area contributed by atoms with Gasteiger partial charge in [0.25, 0.3) is 0 Å². The van der Waals surface area contributed by atoms with Crippen molar-refractivity contribution in [3.05, 3.63) is 0 Å². The van der Waals surface area contributed by atoms with E-state index < -0.39 is 97.5 Å². The molecule has 0 saturated carbocycles. The zero-order valence-corrected chi connectivity index (χ0v) is 72.2. The molecule has 0 radical (unpaired) electrons. The number of esters is 4. The van der Waals surface area contributed by atoms with Crippen LogP contribution in [0.4, 0.5) is 0 Å². The van der Waals surface area contributed by atoms with Crippen LogP contribution in [0.1, 0.15) is 472 Å².